The number of aryl methyl sites for hydroxylation is 1. The second-order valence-electron chi connectivity index (χ2n) is 4.44. The van der Waals surface area contributed by atoms with Crippen molar-refractivity contribution in [3.8, 4) is 0 Å². The SMILES string of the molecule is CCCCCN(C)c1nc(NC)nc(C)c1[N+](=O)[O-]. The molecule has 0 fully saturated rings. The van der Waals surface area contributed by atoms with Crippen LogP contribution < -0.4 is 10.2 Å². The molecule has 1 aromatic heterocycles. The molecule has 0 radical (unpaired) electrons. The number of nitrogens with one attached hydrogen (secondary N) is 1. The van der Waals surface area contributed by atoms with Gasteiger partial charge in [0.1, 0.15) is 5.69 Å². The van der Waals surface area contributed by atoms with E-state index in [0.29, 0.717) is 17.5 Å². The lowest BCUT2D eigenvalue weighted by Crippen LogP contribution is -2.22. The Balaban J connectivity index is 3.07. The topological polar surface area (TPSA) is 84.2 Å². The summed E-state index contributed by atoms with van der Waals surface area (Å²) in [6.07, 6.45) is 3.20. The molecular formula is C12H21N5O2. The van der Waals surface area contributed by atoms with E-state index in [9.17, 15) is 10.1 Å². The molecule has 7 heteroatoms. The fourth-order valence-corrected chi connectivity index (χ4v) is 1.85. The van der Waals surface area contributed by atoms with Crippen LogP contribution in [0.2, 0.25) is 0 Å². The molecule has 0 saturated carbocycles. The number of aromatic nitrogens is 2. The van der Waals surface area contributed by atoms with E-state index in [0.717, 1.165) is 25.8 Å². The fraction of sp³-hybridized carbons (Fsp3) is 0.667. The Hall–Kier alpha value is -1.92. The van der Waals surface area contributed by atoms with Crippen molar-refractivity contribution < 1.29 is 4.92 Å². The summed E-state index contributed by atoms with van der Waals surface area (Å²) in [5.41, 5.74) is 0.361. The number of rotatable bonds is 7. The van der Waals surface area contributed by atoms with E-state index in [-0.39, 0.29) is 5.69 Å². The molecule has 1 N–H and O–H groups in total. The Bertz CT molecular complexity index is 450. The van der Waals surface area contributed by atoms with Crippen LogP contribution in [-0.4, -0.2) is 35.5 Å². The number of anilines is 2. The van der Waals surface area contributed by atoms with Crippen molar-refractivity contribution in [3.63, 3.8) is 0 Å². The van der Waals surface area contributed by atoms with Gasteiger partial charge in [-0.25, -0.2) is 4.98 Å². The highest BCUT2D eigenvalue weighted by Gasteiger charge is 2.24. The molecule has 0 unspecified atom stereocenters. The quantitative estimate of drug-likeness (QED) is 0.464. The van der Waals surface area contributed by atoms with Gasteiger partial charge in [0.15, 0.2) is 0 Å². The molecular weight excluding hydrogens is 246 g/mol. The minimum absolute atomic E-state index is 0.0157. The summed E-state index contributed by atoms with van der Waals surface area (Å²) in [6.45, 7) is 4.49. The van der Waals surface area contributed by atoms with Crippen LogP contribution in [0.5, 0.6) is 0 Å². The van der Waals surface area contributed by atoms with E-state index in [2.05, 4.69) is 22.2 Å². The first kappa shape index (κ1) is 15.1. The zero-order chi connectivity index (χ0) is 14.4. The van der Waals surface area contributed by atoms with Crippen LogP contribution in [0.15, 0.2) is 0 Å². The standard InChI is InChI=1S/C12H21N5O2/c1-5-6-7-8-16(4)11-10(17(18)19)9(2)14-12(13-3)15-11/h5-8H2,1-4H3,(H,13,14,15). The van der Waals surface area contributed by atoms with Crippen molar-refractivity contribution in [2.45, 2.75) is 33.1 Å². The van der Waals surface area contributed by atoms with Gasteiger partial charge in [0.05, 0.1) is 4.92 Å². The molecule has 1 heterocycles. The summed E-state index contributed by atoms with van der Waals surface area (Å²) in [4.78, 5) is 20.8. The van der Waals surface area contributed by atoms with Gasteiger partial charge in [0.25, 0.3) is 0 Å². The number of hydrogen-bond acceptors (Lipinski definition) is 6. The number of nitrogens with zero attached hydrogens (tertiary/aromatic N) is 4. The lowest BCUT2D eigenvalue weighted by atomic mass is 10.2. The highest BCUT2D eigenvalue weighted by molar-refractivity contribution is 5.62. The van der Waals surface area contributed by atoms with Crippen LogP contribution in [-0.2, 0) is 0 Å². The van der Waals surface area contributed by atoms with Crippen molar-refractivity contribution in [2.75, 3.05) is 30.9 Å². The summed E-state index contributed by atoms with van der Waals surface area (Å²) >= 11 is 0. The Kier molecular flexibility index (Phi) is 5.47. The average Bonchev–Trinajstić information content (AvgIpc) is 2.37. The minimum Gasteiger partial charge on any atom is -0.357 e. The summed E-state index contributed by atoms with van der Waals surface area (Å²) in [6, 6.07) is 0. The maximum absolute atomic E-state index is 11.2. The highest BCUT2D eigenvalue weighted by Crippen LogP contribution is 2.29. The molecule has 106 valence electrons. The average molecular weight is 267 g/mol. The monoisotopic (exact) mass is 267 g/mol. The minimum atomic E-state index is -0.416. The van der Waals surface area contributed by atoms with E-state index in [1.807, 2.05) is 11.9 Å². The summed E-state index contributed by atoms with van der Waals surface area (Å²) in [5.74, 6) is 0.776. The number of nitro groups is 1. The molecule has 19 heavy (non-hydrogen) atoms. The smallest absolute Gasteiger partial charge is 0.332 e. The third-order valence-electron chi connectivity index (χ3n) is 2.90. The maximum Gasteiger partial charge on any atom is 0.332 e. The molecule has 0 spiro atoms. The molecule has 1 rings (SSSR count). The molecule has 0 aliphatic heterocycles. The van der Waals surface area contributed by atoms with Gasteiger partial charge < -0.3 is 10.2 Å². The van der Waals surface area contributed by atoms with Gasteiger partial charge in [0, 0.05) is 20.6 Å². The van der Waals surface area contributed by atoms with Crippen LogP contribution in [0.1, 0.15) is 31.9 Å². The molecule has 1 aromatic rings. The molecule has 0 bridgehead atoms. The lowest BCUT2D eigenvalue weighted by molar-refractivity contribution is -0.385. The van der Waals surface area contributed by atoms with Crippen molar-refractivity contribution in [3.05, 3.63) is 15.8 Å². The van der Waals surface area contributed by atoms with Gasteiger partial charge in [-0.3, -0.25) is 10.1 Å². The van der Waals surface area contributed by atoms with E-state index in [4.69, 9.17) is 0 Å². The van der Waals surface area contributed by atoms with Gasteiger partial charge >= 0.3 is 5.69 Å². The second kappa shape index (κ2) is 6.86. The molecule has 0 aliphatic carbocycles. The van der Waals surface area contributed by atoms with Crippen LogP contribution >= 0.6 is 0 Å². The van der Waals surface area contributed by atoms with E-state index in [1.54, 1.807) is 14.0 Å². The van der Waals surface area contributed by atoms with Crippen molar-refractivity contribution in [2.24, 2.45) is 0 Å². The van der Waals surface area contributed by atoms with Crippen molar-refractivity contribution in [1.82, 2.24) is 9.97 Å². The van der Waals surface area contributed by atoms with Crippen molar-refractivity contribution in [1.29, 1.82) is 0 Å². The summed E-state index contributed by atoms with van der Waals surface area (Å²) < 4.78 is 0. The molecule has 0 saturated heterocycles. The largest absolute Gasteiger partial charge is 0.357 e. The van der Waals surface area contributed by atoms with Gasteiger partial charge in [-0.05, 0) is 13.3 Å². The van der Waals surface area contributed by atoms with Gasteiger partial charge in [-0.1, -0.05) is 19.8 Å². The summed E-state index contributed by atoms with van der Waals surface area (Å²) in [7, 11) is 3.52. The predicted molar refractivity (Wildman–Crippen MR) is 75.8 cm³/mol. The molecule has 0 amide bonds. The first-order chi connectivity index (χ1) is 9.01. The Labute approximate surface area is 113 Å². The van der Waals surface area contributed by atoms with E-state index < -0.39 is 4.92 Å². The van der Waals surface area contributed by atoms with Gasteiger partial charge in [0.2, 0.25) is 11.8 Å². The Morgan fingerprint density at radius 2 is 2.05 bits per heavy atom. The van der Waals surface area contributed by atoms with Crippen LogP contribution in [0.4, 0.5) is 17.5 Å². The zero-order valence-electron chi connectivity index (χ0n) is 11.9. The van der Waals surface area contributed by atoms with Gasteiger partial charge in [-0.15, -0.1) is 0 Å². The first-order valence-electron chi connectivity index (χ1n) is 6.43. The normalized spacial score (nSPS) is 10.3. The molecule has 7 nitrogen and oxygen atoms in total. The zero-order valence-corrected chi connectivity index (χ0v) is 11.9. The van der Waals surface area contributed by atoms with E-state index in [1.165, 1.54) is 0 Å². The maximum atomic E-state index is 11.2. The van der Waals surface area contributed by atoms with Crippen LogP contribution in [0, 0.1) is 17.0 Å². The third kappa shape index (κ3) is 3.77. The fourth-order valence-electron chi connectivity index (χ4n) is 1.85. The van der Waals surface area contributed by atoms with Crippen LogP contribution in [0.25, 0.3) is 0 Å². The third-order valence-corrected chi connectivity index (χ3v) is 2.90. The van der Waals surface area contributed by atoms with Crippen LogP contribution in [0.3, 0.4) is 0 Å². The van der Waals surface area contributed by atoms with Crippen molar-refractivity contribution >= 4 is 17.5 Å². The number of hydrogen-bond donors (Lipinski definition) is 1. The first-order valence-corrected chi connectivity index (χ1v) is 6.43. The summed E-state index contributed by atoms with van der Waals surface area (Å²) in [5, 5.41) is 14.0. The molecule has 0 atom stereocenters. The highest BCUT2D eigenvalue weighted by atomic mass is 16.6. The Morgan fingerprint density at radius 3 is 2.58 bits per heavy atom. The number of unbranched alkanes of at least 4 members (excludes halogenated alkanes) is 2. The molecule has 0 aliphatic rings. The predicted octanol–water partition coefficient (Wildman–Crippen LogP) is 2.36. The lowest BCUT2D eigenvalue weighted by Gasteiger charge is -2.18. The van der Waals surface area contributed by atoms with E-state index >= 15 is 0 Å². The van der Waals surface area contributed by atoms with Gasteiger partial charge in [-0.2, -0.15) is 4.98 Å². The molecule has 0 aromatic carbocycles. The second-order valence-corrected chi connectivity index (χ2v) is 4.44. The Morgan fingerprint density at radius 1 is 1.37 bits per heavy atom.